The van der Waals surface area contributed by atoms with Crippen molar-refractivity contribution in [1.29, 1.82) is 0 Å². The fraction of sp³-hybridized carbons (Fsp3) is 0.636. The van der Waals surface area contributed by atoms with Crippen LogP contribution in [0.3, 0.4) is 0 Å². The molecule has 1 aromatic heterocycles. The van der Waals surface area contributed by atoms with Gasteiger partial charge in [0.1, 0.15) is 5.03 Å². The van der Waals surface area contributed by atoms with Gasteiger partial charge in [0.2, 0.25) is 0 Å². The maximum absolute atomic E-state index is 4.22. The van der Waals surface area contributed by atoms with E-state index in [9.17, 15) is 0 Å². The molecule has 0 saturated heterocycles. The van der Waals surface area contributed by atoms with Gasteiger partial charge in [-0.1, -0.05) is 0 Å². The largest absolute Gasteiger partial charge is 0.313 e. The average Bonchev–Trinajstić information content (AvgIpc) is 3.09. The highest BCUT2D eigenvalue weighted by Gasteiger charge is 2.27. The Morgan fingerprint density at radius 1 is 1.53 bits per heavy atom. The van der Waals surface area contributed by atoms with Crippen LogP contribution in [-0.4, -0.2) is 28.3 Å². The fourth-order valence-corrected chi connectivity index (χ4v) is 2.26. The number of rotatable bonds is 6. The summed E-state index contributed by atoms with van der Waals surface area (Å²) in [6.45, 7) is 3.34. The molecule has 0 aromatic carbocycles. The summed E-state index contributed by atoms with van der Waals surface area (Å²) in [6, 6.07) is 0.687. The van der Waals surface area contributed by atoms with Crippen LogP contribution in [0.2, 0.25) is 0 Å². The Morgan fingerprint density at radius 2 is 2.40 bits per heavy atom. The average molecular weight is 223 g/mol. The SMILES string of the molecule is CC(NCCSc1cnccn1)C1CC1. The maximum Gasteiger partial charge on any atom is 0.114 e. The van der Waals surface area contributed by atoms with E-state index < -0.39 is 0 Å². The van der Waals surface area contributed by atoms with Crippen molar-refractivity contribution in [1.82, 2.24) is 15.3 Å². The summed E-state index contributed by atoms with van der Waals surface area (Å²) < 4.78 is 0. The number of hydrogen-bond donors (Lipinski definition) is 1. The Balaban J connectivity index is 1.58. The number of hydrogen-bond acceptors (Lipinski definition) is 4. The molecule has 82 valence electrons. The Bertz CT molecular complexity index is 287. The van der Waals surface area contributed by atoms with E-state index in [1.54, 1.807) is 24.2 Å². The van der Waals surface area contributed by atoms with Crippen LogP contribution in [0.25, 0.3) is 0 Å². The summed E-state index contributed by atoms with van der Waals surface area (Å²) in [6.07, 6.45) is 8.08. The standard InChI is InChI=1S/C11H17N3S/c1-9(10-2-3-10)13-6-7-15-11-8-12-4-5-14-11/h4-5,8-10,13H,2-3,6-7H2,1H3. The van der Waals surface area contributed by atoms with Crippen molar-refractivity contribution in [3.05, 3.63) is 18.6 Å². The van der Waals surface area contributed by atoms with Crippen LogP contribution >= 0.6 is 11.8 Å². The van der Waals surface area contributed by atoms with Crippen LogP contribution in [0.1, 0.15) is 19.8 Å². The van der Waals surface area contributed by atoms with E-state index in [0.29, 0.717) is 6.04 Å². The fourth-order valence-electron chi connectivity index (χ4n) is 1.57. The number of nitrogens with zero attached hydrogens (tertiary/aromatic N) is 2. The Labute approximate surface area is 95.1 Å². The van der Waals surface area contributed by atoms with Crippen molar-refractivity contribution in [2.45, 2.75) is 30.8 Å². The molecule has 1 aliphatic carbocycles. The Kier molecular flexibility index (Phi) is 3.97. The first-order valence-corrected chi connectivity index (χ1v) is 6.47. The van der Waals surface area contributed by atoms with Gasteiger partial charge in [-0.05, 0) is 25.7 Å². The third-order valence-corrected chi connectivity index (χ3v) is 3.60. The molecular weight excluding hydrogens is 206 g/mol. The molecule has 0 amide bonds. The minimum atomic E-state index is 0.687. The lowest BCUT2D eigenvalue weighted by atomic mass is 10.2. The second kappa shape index (κ2) is 5.47. The monoisotopic (exact) mass is 223 g/mol. The predicted molar refractivity (Wildman–Crippen MR) is 62.9 cm³/mol. The third kappa shape index (κ3) is 3.80. The normalized spacial score (nSPS) is 17.7. The molecule has 3 nitrogen and oxygen atoms in total. The molecule has 1 N–H and O–H groups in total. The van der Waals surface area contributed by atoms with Crippen LogP contribution in [0.15, 0.2) is 23.6 Å². The lowest BCUT2D eigenvalue weighted by Gasteiger charge is -2.11. The summed E-state index contributed by atoms with van der Waals surface area (Å²) in [5.74, 6) is 2.00. The van der Waals surface area contributed by atoms with E-state index in [4.69, 9.17) is 0 Å². The summed E-state index contributed by atoms with van der Waals surface area (Å²) >= 11 is 1.76. The van der Waals surface area contributed by atoms with Gasteiger partial charge in [0.25, 0.3) is 0 Å². The highest BCUT2D eigenvalue weighted by Crippen LogP contribution is 2.32. The van der Waals surface area contributed by atoms with Crippen molar-refractivity contribution in [3.8, 4) is 0 Å². The topological polar surface area (TPSA) is 37.8 Å². The first-order valence-electron chi connectivity index (χ1n) is 5.48. The van der Waals surface area contributed by atoms with Gasteiger partial charge >= 0.3 is 0 Å². The molecule has 1 aromatic rings. The van der Waals surface area contributed by atoms with Crippen molar-refractivity contribution >= 4 is 11.8 Å². The van der Waals surface area contributed by atoms with Crippen LogP contribution in [0.4, 0.5) is 0 Å². The highest BCUT2D eigenvalue weighted by molar-refractivity contribution is 7.99. The minimum absolute atomic E-state index is 0.687. The molecule has 0 aliphatic heterocycles. The van der Waals surface area contributed by atoms with E-state index in [2.05, 4.69) is 22.2 Å². The molecule has 0 bridgehead atoms. The molecule has 1 fully saturated rings. The van der Waals surface area contributed by atoms with Gasteiger partial charge in [-0.15, -0.1) is 11.8 Å². The maximum atomic E-state index is 4.22. The zero-order valence-corrected chi connectivity index (χ0v) is 9.83. The van der Waals surface area contributed by atoms with Crippen molar-refractivity contribution in [2.75, 3.05) is 12.3 Å². The van der Waals surface area contributed by atoms with Gasteiger partial charge < -0.3 is 5.32 Å². The van der Waals surface area contributed by atoms with E-state index in [0.717, 1.165) is 23.2 Å². The molecule has 4 heteroatoms. The molecule has 1 atom stereocenters. The van der Waals surface area contributed by atoms with Gasteiger partial charge in [0, 0.05) is 30.7 Å². The minimum Gasteiger partial charge on any atom is -0.313 e. The molecule has 2 rings (SSSR count). The molecule has 1 heterocycles. The molecular formula is C11H17N3S. The Morgan fingerprint density at radius 3 is 3.07 bits per heavy atom. The lowest BCUT2D eigenvalue weighted by molar-refractivity contribution is 0.514. The zero-order valence-electron chi connectivity index (χ0n) is 9.02. The number of nitrogens with one attached hydrogen (secondary N) is 1. The summed E-state index contributed by atoms with van der Waals surface area (Å²) in [7, 11) is 0. The van der Waals surface area contributed by atoms with E-state index >= 15 is 0 Å². The first-order chi connectivity index (χ1) is 7.36. The van der Waals surface area contributed by atoms with Gasteiger partial charge in [-0.25, -0.2) is 4.98 Å². The van der Waals surface area contributed by atoms with Crippen molar-refractivity contribution in [2.24, 2.45) is 5.92 Å². The quantitative estimate of drug-likeness (QED) is 0.591. The number of aromatic nitrogens is 2. The molecule has 1 aliphatic rings. The first kappa shape index (κ1) is 10.9. The highest BCUT2D eigenvalue weighted by atomic mass is 32.2. The summed E-state index contributed by atoms with van der Waals surface area (Å²) in [5, 5.41) is 4.56. The lowest BCUT2D eigenvalue weighted by Crippen LogP contribution is -2.29. The number of thioether (sulfide) groups is 1. The third-order valence-electron chi connectivity index (χ3n) is 2.69. The molecule has 15 heavy (non-hydrogen) atoms. The molecule has 0 spiro atoms. The second-order valence-electron chi connectivity index (χ2n) is 3.97. The molecule has 0 radical (unpaired) electrons. The van der Waals surface area contributed by atoms with Crippen LogP contribution in [0.5, 0.6) is 0 Å². The van der Waals surface area contributed by atoms with E-state index in [-0.39, 0.29) is 0 Å². The van der Waals surface area contributed by atoms with Gasteiger partial charge in [0.05, 0.1) is 6.20 Å². The zero-order chi connectivity index (χ0) is 10.5. The summed E-state index contributed by atoms with van der Waals surface area (Å²) in [4.78, 5) is 8.25. The molecule has 1 saturated carbocycles. The predicted octanol–water partition coefficient (Wildman–Crippen LogP) is 1.96. The van der Waals surface area contributed by atoms with Crippen LogP contribution in [-0.2, 0) is 0 Å². The van der Waals surface area contributed by atoms with Gasteiger partial charge in [0.15, 0.2) is 0 Å². The van der Waals surface area contributed by atoms with Gasteiger partial charge in [-0.3, -0.25) is 4.98 Å². The van der Waals surface area contributed by atoms with E-state index in [1.807, 2.05) is 6.20 Å². The van der Waals surface area contributed by atoms with E-state index in [1.165, 1.54) is 12.8 Å². The second-order valence-corrected chi connectivity index (χ2v) is 5.09. The summed E-state index contributed by atoms with van der Waals surface area (Å²) in [5.41, 5.74) is 0. The smallest absolute Gasteiger partial charge is 0.114 e. The van der Waals surface area contributed by atoms with Crippen LogP contribution in [0, 0.1) is 5.92 Å². The van der Waals surface area contributed by atoms with Gasteiger partial charge in [-0.2, -0.15) is 0 Å². The van der Waals surface area contributed by atoms with Crippen LogP contribution < -0.4 is 5.32 Å². The van der Waals surface area contributed by atoms with Crippen molar-refractivity contribution < 1.29 is 0 Å². The van der Waals surface area contributed by atoms with Crippen molar-refractivity contribution in [3.63, 3.8) is 0 Å². The Hall–Kier alpha value is -0.610. The molecule has 1 unspecified atom stereocenters.